The first-order chi connectivity index (χ1) is 5.70. The van der Waals surface area contributed by atoms with Crippen LogP contribution in [0.25, 0.3) is 5.57 Å². The van der Waals surface area contributed by atoms with E-state index in [2.05, 4.69) is 26.0 Å². The Morgan fingerprint density at radius 3 is 2.75 bits per heavy atom. The summed E-state index contributed by atoms with van der Waals surface area (Å²) in [6, 6.07) is 6.15. The number of rotatable bonds is 0. The number of nitrogens with two attached hydrogens (primary N) is 1. The summed E-state index contributed by atoms with van der Waals surface area (Å²) in [5.41, 5.74) is 10.7. The molecule has 0 heterocycles. The molecule has 0 saturated carbocycles. The highest BCUT2D eigenvalue weighted by Gasteiger charge is 2.18. The zero-order chi connectivity index (χ0) is 8.72. The first-order valence-electron chi connectivity index (χ1n) is 4.27. The highest BCUT2D eigenvalue weighted by atomic mass is 14.6. The lowest BCUT2D eigenvalue weighted by molar-refractivity contribution is 0.990. The highest BCUT2D eigenvalue weighted by Crippen LogP contribution is 2.38. The molecule has 0 aromatic heterocycles. The second-order valence-electron chi connectivity index (χ2n) is 3.45. The van der Waals surface area contributed by atoms with Crippen LogP contribution in [0.4, 0.5) is 5.69 Å². The maximum atomic E-state index is 5.88. The Hall–Kier alpha value is -1.24. The number of anilines is 1. The molecule has 0 fully saturated rings. The lowest BCUT2D eigenvalue weighted by atomic mass is 10.0. The van der Waals surface area contributed by atoms with Crippen molar-refractivity contribution in [2.75, 3.05) is 5.73 Å². The first-order valence-corrected chi connectivity index (χ1v) is 4.27. The van der Waals surface area contributed by atoms with Crippen molar-refractivity contribution in [2.45, 2.75) is 19.8 Å². The average Bonchev–Trinajstić information content (AvgIpc) is 2.29. The number of hydrogen-bond acceptors (Lipinski definition) is 1. The SMILES string of the molecule is CC1=CC(C)c2cccc(N)c21. The Balaban J connectivity index is 2.68. The van der Waals surface area contributed by atoms with Gasteiger partial charge in [-0.3, -0.25) is 0 Å². The molecule has 1 aromatic carbocycles. The van der Waals surface area contributed by atoms with Gasteiger partial charge in [-0.1, -0.05) is 25.1 Å². The molecule has 2 N–H and O–H groups in total. The van der Waals surface area contributed by atoms with Crippen LogP contribution in [0.5, 0.6) is 0 Å². The predicted molar refractivity (Wildman–Crippen MR) is 52.9 cm³/mol. The Kier molecular flexibility index (Phi) is 1.47. The van der Waals surface area contributed by atoms with Gasteiger partial charge in [-0.05, 0) is 24.1 Å². The van der Waals surface area contributed by atoms with E-state index in [4.69, 9.17) is 5.73 Å². The summed E-state index contributed by atoms with van der Waals surface area (Å²) in [6.07, 6.45) is 2.26. The summed E-state index contributed by atoms with van der Waals surface area (Å²) in [6.45, 7) is 4.33. The molecule has 62 valence electrons. The average molecular weight is 159 g/mol. The molecule has 1 aliphatic rings. The largest absolute Gasteiger partial charge is 0.398 e. The van der Waals surface area contributed by atoms with E-state index in [1.54, 1.807) is 0 Å². The Morgan fingerprint density at radius 1 is 1.33 bits per heavy atom. The van der Waals surface area contributed by atoms with E-state index >= 15 is 0 Å². The number of benzene rings is 1. The quantitative estimate of drug-likeness (QED) is 0.579. The van der Waals surface area contributed by atoms with Crippen LogP contribution in [0.15, 0.2) is 24.3 Å². The maximum absolute atomic E-state index is 5.88. The van der Waals surface area contributed by atoms with Gasteiger partial charge in [0.25, 0.3) is 0 Å². The Morgan fingerprint density at radius 2 is 2.08 bits per heavy atom. The van der Waals surface area contributed by atoms with Crippen molar-refractivity contribution in [3.8, 4) is 0 Å². The molecule has 1 aliphatic carbocycles. The second kappa shape index (κ2) is 2.37. The molecule has 1 unspecified atom stereocenters. The topological polar surface area (TPSA) is 26.0 Å². The summed E-state index contributed by atoms with van der Waals surface area (Å²) in [5, 5.41) is 0. The summed E-state index contributed by atoms with van der Waals surface area (Å²) < 4.78 is 0. The van der Waals surface area contributed by atoms with Crippen LogP contribution in [0.1, 0.15) is 30.9 Å². The second-order valence-corrected chi connectivity index (χ2v) is 3.45. The minimum absolute atomic E-state index is 0.531. The summed E-state index contributed by atoms with van der Waals surface area (Å²) in [7, 11) is 0. The molecule has 1 nitrogen and oxygen atoms in total. The van der Waals surface area contributed by atoms with Gasteiger partial charge in [0, 0.05) is 17.2 Å². The van der Waals surface area contributed by atoms with Crippen molar-refractivity contribution in [3.63, 3.8) is 0 Å². The van der Waals surface area contributed by atoms with E-state index in [0.717, 1.165) is 5.69 Å². The van der Waals surface area contributed by atoms with Crippen LogP contribution in [-0.4, -0.2) is 0 Å². The van der Waals surface area contributed by atoms with Gasteiger partial charge in [0.05, 0.1) is 0 Å². The Bertz CT molecular complexity index is 350. The fourth-order valence-corrected chi connectivity index (χ4v) is 1.97. The van der Waals surface area contributed by atoms with Crippen molar-refractivity contribution in [3.05, 3.63) is 35.4 Å². The predicted octanol–water partition coefficient (Wildman–Crippen LogP) is 2.79. The number of nitrogen functional groups attached to an aromatic ring is 1. The minimum atomic E-state index is 0.531. The normalized spacial score (nSPS) is 20.5. The zero-order valence-electron chi connectivity index (χ0n) is 7.46. The van der Waals surface area contributed by atoms with Gasteiger partial charge in [-0.15, -0.1) is 0 Å². The van der Waals surface area contributed by atoms with E-state index in [1.165, 1.54) is 16.7 Å². The molecule has 0 spiro atoms. The molecule has 1 aromatic rings. The fourth-order valence-electron chi connectivity index (χ4n) is 1.97. The molecule has 0 bridgehead atoms. The molecule has 0 saturated heterocycles. The van der Waals surface area contributed by atoms with E-state index in [0.29, 0.717) is 5.92 Å². The van der Waals surface area contributed by atoms with E-state index < -0.39 is 0 Å². The maximum Gasteiger partial charge on any atom is 0.0393 e. The molecule has 0 amide bonds. The van der Waals surface area contributed by atoms with Crippen LogP contribution in [0.3, 0.4) is 0 Å². The Labute approximate surface area is 72.9 Å². The smallest absolute Gasteiger partial charge is 0.0393 e. The van der Waals surface area contributed by atoms with E-state index in [1.807, 2.05) is 12.1 Å². The third-order valence-corrected chi connectivity index (χ3v) is 2.51. The van der Waals surface area contributed by atoms with E-state index in [-0.39, 0.29) is 0 Å². The first kappa shape index (κ1) is 7.41. The molecule has 0 radical (unpaired) electrons. The molecule has 2 rings (SSSR count). The van der Waals surface area contributed by atoms with Gasteiger partial charge in [0.1, 0.15) is 0 Å². The lowest BCUT2D eigenvalue weighted by Gasteiger charge is -2.06. The third kappa shape index (κ3) is 0.860. The van der Waals surface area contributed by atoms with Crippen LogP contribution in [0, 0.1) is 0 Å². The summed E-state index contributed by atoms with van der Waals surface area (Å²) >= 11 is 0. The molecule has 0 aliphatic heterocycles. The molecule has 12 heavy (non-hydrogen) atoms. The van der Waals surface area contributed by atoms with E-state index in [9.17, 15) is 0 Å². The zero-order valence-corrected chi connectivity index (χ0v) is 7.46. The summed E-state index contributed by atoms with van der Waals surface area (Å²) in [4.78, 5) is 0. The van der Waals surface area contributed by atoms with Gasteiger partial charge in [-0.2, -0.15) is 0 Å². The number of fused-ring (bicyclic) bond motifs is 1. The highest BCUT2D eigenvalue weighted by molar-refractivity contribution is 5.81. The van der Waals surface area contributed by atoms with Crippen LogP contribution < -0.4 is 5.73 Å². The van der Waals surface area contributed by atoms with Crippen LogP contribution in [-0.2, 0) is 0 Å². The fraction of sp³-hybridized carbons (Fsp3) is 0.273. The van der Waals surface area contributed by atoms with Crippen molar-refractivity contribution in [1.82, 2.24) is 0 Å². The van der Waals surface area contributed by atoms with Gasteiger partial charge in [-0.25, -0.2) is 0 Å². The minimum Gasteiger partial charge on any atom is -0.398 e. The van der Waals surface area contributed by atoms with Crippen molar-refractivity contribution in [2.24, 2.45) is 0 Å². The summed E-state index contributed by atoms with van der Waals surface area (Å²) in [5.74, 6) is 0.531. The van der Waals surface area contributed by atoms with Gasteiger partial charge < -0.3 is 5.73 Å². The standard InChI is InChI=1S/C11H13N/c1-7-6-8(2)11-9(7)4-3-5-10(11)12/h3-7H,12H2,1-2H3. The van der Waals surface area contributed by atoms with Crippen LogP contribution >= 0.6 is 0 Å². The van der Waals surface area contributed by atoms with Crippen LogP contribution in [0.2, 0.25) is 0 Å². The molecule has 1 heteroatoms. The van der Waals surface area contributed by atoms with Crippen molar-refractivity contribution in [1.29, 1.82) is 0 Å². The lowest BCUT2D eigenvalue weighted by Crippen LogP contribution is -1.94. The molecule has 1 atom stereocenters. The molecular formula is C11H13N. The third-order valence-electron chi connectivity index (χ3n) is 2.51. The van der Waals surface area contributed by atoms with Crippen molar-refractivity contribution < 1.29 is 0 Å². The van der Waals surface area contributed by atoms with Gasteiger partial charge in [0.2, 0.25) is 0 Å². The molecular weight excluding hydrogens is 146 g/mol. The van der Waals surface area contributed by atoms with Gasteiger partial charge in [0.15, 0.2) is 0 Å². The monoisotopic (exact) mass is 159 g/mol. The van der Waals surface area contributed by atoms with Crippen molar-refractivity contribution >= 4 is 11.3 Å². The van der Waals surface area contributed by atoms with Gasteiger partial charge >= 0.3 is 0 Å². The number of hydrogen-bond donors (Lipinski definition) is 1. The number of allylic oxidation sites excluding steroid dienone is 2.